The van der Waals surface area contributed by atoms with Gasteiger partial charge in [-0.25, -0.2) is 14.3 Å². The second-order valence-electron chi connectivity index (χ2n) is 4.52. The van der Waals surface area contributed by atoms with Crippen molar-refractivity contribution >= 4 is 34.6 Å². The topological polar surface area (TPSA) is 79.5 Å². The van der Waals surface area contributed by atoms with Crippen LogP contribution in [0.3, 0.4) is 0 Å². The normalized spacial score (nSPS) is 10.8. The van der Waals surface area contributed by atoms with Crippen LogP contribution in [0.4, 0.5) is 11.5 Å². The van der Waals surface area contributed by atoms with E-state index < -0.39 is 5.97 Å². The fourth-order valence-corrected chi connectivity index (χ4v) is 2.31. The number of nitrogens with one attached hydrogen (secondary N) is 1. The first-order valence-corrected chi connectivity index (χ1v) is 6.53. The fourth-order valence-electron chi connectivity index (χ4n) is 2.04. The minimum atomic E-state index is -1.06. The highest BCUT2D eigenvalue weighted by molar-refractivity contribution is 6.33. The van der Waals surface area contributed by atoms with E-state index in [0.717, 1.165) is 11.2 Å². The molecule has 3 aromatic rings. The van der Waals surface area contributed by atoms with Crippen molar-refractivity contribution in [1.29, 1.82) is 0 Å². The highest BCUT2D eigenvalue weighted by Crippen LogP contribution is 2.25. The summed E-state index contributed by atoms with van der Waals surface area (Å²) in [5.74, 6) is -0.435. The van der Waals surface area contributed by atoms with Crippen LogP contribution in [0.2, 0.25) is 5.02 Å². The molecule has 0 aliphatic carbocycles. The molecule has 0 unspecified atom stereocenters. The number of hydrogen-bond donors (Lipinski definition) is 2. The maximum absolute atomic E-state index is 10.9. The number of halogens is 1. The van der Waals surface area contributed by atoms with Gasteiger partial charge in [-0.1, -0.05) is 11.6 Å². The van der Waals surface area contributed by atoms with Crippen molar-refractivity contribution < 1.29 is 9.90 Å². The lowest BCUT2D eigenvalue weighted by atomic mass is 10.2. The Bertz CT molecular complexity index is 844. The molecule has 0 saturated carbocycles. The van der Waals surface area contributed by atoms with Gasteiger partial charge in [0.25, 0.3) is 0 Å². The van der Waals surface area contributed by atoms with E-state index >= 15 is 0 Å². The number of fused-ring (bicyclic) bond motifs is 1. The van der Waals surface area contributed by atoms with Crippen LogP contribution < -0.4 is 5.32 Å². The standard InChI is InChI=1S/C14H11ClN4O2/c1-8-6-12-13(16-4-5-19(12)18-8)17-9-2-3-10(14(20)21)11(15)7-9/h2-7H,1H3,(H,16,17)(H,20,21). The summed E-state index contributed by atoms with van der Waals surface area (Å²) >= 11 is 5.95. The number of benzene rings is 1. The summed E-state index contributed by atoms with van der Waals surface area (Å²) in [5.41, 5.74) is 2.43. The summed E-state index contributed by atoms with van der Waals surface area (Å²) in [5, 5.41) is 16.6. The molecule has 0 amide bonds. The van der Waals surface area contributed by atoms with E-state index in [-0.39, 0.29) is 10.6 Å². The van der Waals surface area contributed by atoms with E-state index in [1.165, 1.54) is 6.07 Å². The van der Waals surface area contributed by atoms with Gasteiger partial charge in [0.2, 0.25) is 0 Å². The van der Waals surface area contributed by atoms with Crippen LogP contribution in [0.15, 0.2) is 36.7 Å². The number of aromatic nitrogens is 3. The molecule has 2 aromatic heterocycles. The molecule has 2 heterocycles. The first-order valence-electron chi connectivity index (χ1n) is 6.15. The number of rotatable bonds is 3. The molecule has 0 atom stereocenters. The highest BCUT2D eigenvalue weighted by atomic mass is 35.5. The Morgan fingerprint density at radius 2 is 2.19 bits per heavy atom. The predicted molar refractivity (Wildman–Crippen MR) is 79.4 cm³/mol. The summed E-state index contributed by atoms with van der Waals surface area (Å²) in [6.07, 6.45) is 3.39. The highest BCUT2D eigenvalue weighted by Gasteiger charge is 2.10. The molecule has 106 valence electrons. The minimum absolute atomic E-state index is 0.0635. The molecular formula is C14H11ClN4O2. The second kappa shape index (κ2) is 5.06. The van der Waals surface area contributed by atoms with E-state index in [0.29, 0.717) is 11.5 Å². The zero-order valence-electron chi connectivity index (χ0n) is 11.0. The molecule has 3 rings (SSSR count). The molecule has 2 N–H and O–H groups in total. The largest absolute Gasteiger partial charge is 0.478 e. The van der Waals surface area contributed by atoms with Crippen molar-refractivity contribution in [3.63, 3.8) is 0 Å². The Balaban J connectivity index is 1.99. The number of aromatic carboxylic acids is 1. The Morgan fingerprint density at radius 3 is 2.90 bits per heavy atom. The van der Waals surface area contributed by atoms with Crippen LogP contribution >= 0.6 is 11.6 Å². The van der Waals surface area contributed by atoms with Gasteiger partial charge in [-0.05, 0) is 31.2 Å². The first-order chi connectivity index (χ1) is 10.0. The van der Waals surface area contributed by atoms with Gasteiger partial charge >= 0.3 is 5.97 Å². The van der Waals surface area contributed by atoms with Gasteiger partial charge in [0.1, 0.15) is 5.52 Å². The van der Waals surface area contributed by atoms with Crippen LogP contribution in [0.1, 0.15) is 16.1 Å². The lowest BCUT2D eigenvalue weighted by Crippen LogP contribution is -2.00. The molecule has 1 aromatic carbocycles. The van der Waals surface area contributed by atoms with Gasteiger partial charge in [-0.2, -0.15) is 5.10 Å². The average Bonchev–Trinajstić information content (AvgIpc) is 2.80. The van der Waals surface area contributed by atoms with Gasteiger partial charge in [0, 0.05) is 18.1 Å². The van der Waals surface area contributed by atoms with E-state index in [2.05, 4.69) is 15.4 Å². The first kappa shape index (κ1) is 13.4. The Morgan fingerprint density at radius 1 is 1.38 bits per heavy atom. The third-order valence-electron chi connectivity index (χ3n) is 2.97. The smallest absolute Gasteiger partial charge is 0.337 e. The quantitative estimate of drug-likeness (QED) is 0.777. The zero-order chi connectivity index (χ0) is 15.0. The van der Waals surface area contributed by atoms with Gasteiger partial charge in [0.15, 0.2) is 5.82 Å². The van der Waals surface area contributed by atoms with Gasteiger partial charge < -0.3 is 10.4 Å². The van der Waals surface area contributed by atoms with E-state index in [1.807, 2.05) is 13.0 Å². The van der Waals surface area contributed by atoms with E-state index in [1.54, 1.807) is 29.0 Å². The summed E-state index contributed by atoms with van der Waals surface area (Å²) < 4.78 is 1.72. The van der Waals surface area contributed by atoms with Gasteiger partial charge in [-0.3, -0.25) is 0 Å². The molecule has 21 heavy (non-hydrogen) atoms. The molecular weight excluding hydrogens is 292 g/mol. The minimum Gasteiger partial charge on any atom is -0.478 e. The number of carbonyl (C=O) groups is 1. The van der Waals surface area contributed by atoms with E-state index in [9.17, 15) is 4.79 Å². The number of nitrogens with zero attached hydrogens (tertiary/aromatic N) is 3. The van der Waals surface area contributed by atoms with Crippen LogP contribution in [-0.4, -0.2) is 25.7 Å². The van der Waals surface area contributed by atoms with Gasteiger partial charge in [-0.15, -0.1) is 0 Å². The molecule has 7 heteroatoms. The molecule has 0 radical (unpaired) electrons. The van der Waals surface area contributed by atoms with Crippen molar-refractivity contribution in [2.75, 3.05) is 5.32 Å². The average molecular weight is 303 g/mol. The maximum Gasteiger partial charge on any atom is 0.337 e. The summed E-state index contributed by atoms with van der Waals surface area (Å²) in [7, 11) is 0. The molecule has 0 aliphatic heterocycles. The third kappa shape index (κ3) is 2.53. The monoisotopic (exact) mass is 302 g/mol. The zero-order valence-corrected chi connectivity index (χ0v) is 11.8. The number of carboxylic acids is 1. The Labute approximate surface area is 125 Å². The van der Waals surface area contributed by atoms with Crippen molar-refractivity contribution in [2.24, 2.45) is 0 Å². The molecule has 0 fully saturated rings. The number of aryl methyl sites for hydroxylation is 1. The van der Waals surface area contributed by atoms with Crippen LogP contribution in [-0.2, 0) is 0 Å². The molecule has 0 aliphatic rings. The van der Waals surface area contributed by atoms with Gasteiger partial charge in [0.05, 0.1) is 16.3 Å². The van der Waals surface area contributed by atoms with E-state index in [4.69, 9.17) is 16.7 Å². The lowest BCUT2D eigenvalue weighted by Gasteiger charge is -2.08. The lowest BCUT2D eigenvalue weighted by molar-refractivity contribution is 0.0697. The van der Waals surface area contributed by atoms with Crippen LogP contribution in [0, 0.1) is 6.92 Å². The second-order valence-corrected chi connectivity index (χ2v) is 4.92. The molecule has 0 saturated heterocycles. The van der Waals surface area contributed by atoms with Crippen molar-refractivity contribution in [2.45, 2.75) is 6.92 Å². The number of carboxylic acid groups (broad SMARTS) is 1. The predicted octanol–water partition coefficient (Wildman–Crippen LogP) is 3.13. The van der Waals surface area contributed by atoms with Crippen LogP contribution in [0.5, 0.6) is 0 Å². The van der Waals surface area contributed by atoms with Crippen molar-refractivity contribution in [3.8, 4) is 0 Å². The van der Waals surface area contributed by atoms with Crippen molar-refractivity contribution in [1.82, 2.24) is 14.6 Å². The number of hydrogen-bond acceptors (Lipinski definition) is 4. The summed E-state index contributed by atoms with van der Waals surface area (Å²) in [6.45, 7) is 1.90. The SMILES string of the molecule is Cc1cc2c(Nc3ccc(C(=O)O)c(Cl)c3)nccn2n1. The molecule has 0 spiro atoms. The van der Waals surface area contributed by atoms with Crippen molar-refractivity contribution in [3.05, 3.63) is 52.9 Å². The summed E-state index contributed by atoms with van der Waals surface area (Å²) in [4.78, 5) is 15.2. The molecule has 6 nitrogen and oxygen atoms in total. The third-order valence-corrected chi connectivity index (χ3v) is 3.29. The number of anilines is 2. The Kier molecular flexibility index (Phi) is 3.23. The summed E-state index contributed by atoms with van der Waals surface area (Å²) in [6, 6.07) is 6.56. The fraction of sp³-hybridized carbons (Fsp3) is 0.0714. The van der Waals surface area contributed by atoms with Crippen LogP contribution in [0.25, 0.3) is 5.52 Å². The Hall–Kier alpha value is -2.60. The molecule has 0 bridgehead atoms. The maximum atomic E-state index is 10.9.